The molecule has 0 radical (unpaired) electrons. The van der Waals surface area contributed by atoms with Gasteiger partial charge in [-0.2, -0.15) is 0 Å². The van der Waals surface area contributed by atoms with Crippen LogP contribution in [0.25, 0.3) is 0 Å². The van der Waals surface area contributed by atoms with E-state index in [9.17, 15) is 4.79 Å². The summed E-state index contributed by atoms with van der Waals surface area (Å²) in [7, 11) is 1.65. The van der Waals surface area contributed by atoms with Gasteiger partial charge in [0.05, 0.1) is 18.0 Å². The van der Waals surface area contributed by atoms with Crippen molar-refractivity contribution in [1.29, 1.82) is 0 Å². The highest BCUT2D eigenvalue weighted by Crippen LogP contribution is 2.16. The van der Waals surface area contributed by atoms with Crippen molar-refractivity contribution in [2.24, 2.45) is 0 Å². The van der Waals surface area contributed by atoms with Gasteiger partial charge in [-0.1, -0.05) is 19.1 Å². The largest absolute Gasteiger partial charge is 0.380 e. The van der Waals surface area contributed by atoms with Crippen molar-refractivity contribution in [2.75, 3.05) is 12.4 Å². The first-order valence-corrected chi connectivity index (χ1v) is 7.50. The second-order valence-corrected chi connectivity index (χ2v) is 5.67. The van der Waals surface area contributed by atoms with Crippen LogP contribution >= 0.6 is 11.3 Å². The highest BCUT2D eigenvalue weighted by atomic mass is 32.1. The number of anilines is 1. The fraction of sp³-hybridized carbons (Fsp3) is 0.333. The van der Waals surface area contributed by atoms with E-state index in [1.807, 2.05) is 30.5 Å². The molecular formula is C15H19N3OS. The van der Waals surface area contributed by atoms with Gasteiger partial charge in [-0.3, -0.25) is 4.79 Å². The number of carbonyl (C=O) groups excluding carboxylic acids is 1. The van der Waals surface area contributed by atoms with Gasteiger partial charge in [-0.15, -0.1) is 11.3 Å². The average molecular weight is 289 g/mol. The summed E-state index contributed by atoms with van der Waals surface area (Å²) in [6.45, 7) is 2.90. The Labute approximate surface area is 123 Å². The molecule has 0 aliphatic heterocycles. The maximum absolute atomic E-state index is 11.3. The summed E-state index contributed by atoms with van der Waals surface area (Å²) in [5.74, 6) is 0.0301. The zero-order chi connectivity index (χ0) is 14.4. The average Bonchev–Trinajstić information content (AvgIpc) is 2.94. The van der Waals surface area contributed by atoms with Gasteiger partial charge in [0.1, 0.15) is 0 Å². The van der Waals surface area contributed by atoms with Crippen LogP contribution in [0.3, 0.4) is 0 Å². The van der Waals surface area contributed by atoms with Crippen LogP contribution in [0.2, 0.25) is 0 Å². The number of nitrogens with zero attached hydrogens (tertiary/aromatic N) is 1. The minimum atomic E-state index is 0.0301. The topological polar surface area (TPSA) is 54.0 Å². The lowest BCUT2D eigenvalue weighted by molar-refractivity contribution is -0.119. The highest BCUT2D eigenvalue weighted by molar-refractivity contribution is 7.11. The van der Waals surface area contributed by atoms with E-state index in [4.69, 9.17) is 0 Å². The molecular weight excluding hydrogens is 270 g/mol. The lowest BCUT2D eigenvalue weighted by Crippen LogP contribution is -2.19. The molecule has 0 spiro atoms. The summed E-state index contributed by atoms with van der Waals surface area (Å²) >= 11 is 1.74. The number of nitrogens with one attached hydrogen (secondary N) is 2. The molecule has 1 heterocycles. The second kappa shape index (κ2) is 7.05. The molecule has 106 valence electrons. The lowest BCUT2D eigenvalue weighted by atomic mass is 10.1. The smallest absolute Gasteiger partial charge is 0.224 e. The van der Waals surface area contributed by atoms with Gasteiger partial charge >= 0.3 is 0 Å². The molecule has 1 aromatic heterocycles. The number of hydrogen-bond donors (Lipinski definition) is 2. The van der Waals surface area contributed by atoms with Gasteiger partial charge in [-0.25, -0.2) is 4.98 Å². The summed E-state index contributed by atoms with van der Waals surface area (Å²) in [5.41, 5.74) is 2.07. The molecule has 5 heteroatoms. The van der Waals surface area contributed by atoms with Crippen molar-refractivity contribution in [1.82, 2.24) is 10.3 Å². The molecule has 0 saturated heterocycles. The zero-order valence-electron chi connectivity index (χ0n) is 11.8. The van der Waals surface area contributed by atoms with Gasteiger partial charge < -0.3 is 10.6 Å². The molecule has 0 saturated carbocycles. The Balaban J connectivity index is 1.88. The monoisotopic (exact) mass is 289 g/mol. The van der Waals surface area contributed by atoms with E-state index in [0.29, 0.717) is 6.42 Å². The van der Waals surface area contributed by atoms with Crippen LogP contribution in [0, 0.1) is 0 Å². The quantitative estimate of drug-likeness (QED) is 0.859. The van der Waals surface area contributed by atoms with Gasteiger partial charge in [0, 0.05) is 23.8 Å². The van der Waals surface area contributed by atoms with Crippen molar-refractivity contribution in [3.05, 3.63) is 45.9 Å². The minimum Gasteiger partial charge on any atom is -0.380 e. The van der Waals surface area contributed by atoms with Crippen LogP contribution in [-0.4, -0.2) is 17.9 Å². The Kier molecular flexibility index (Phi) is 5.12. The molecule has 1 aromatic carbocycles. The van der Waals surface area contributed by atoms with Crippen LogP contribution in [0.5, 0.6) is 0 Å². The summed E-state index contributed by atoms with van der Waals surface area (Å²) in [6.07, 6.45) is 3.33. The molecule has 0 unspecified atom stereocenters. The van der Waals surface area contributed by atoms with Crippen molar-refractivity contribution >= 4 is 22.9 Å². The van der Waals surface area contributed by atoms with Crippen molar-refractivity contribution in [3.63, 3.8) is 0 Å². The van der Waals surface area contributed by atoms with E-state index in [1.165, 1.54) is 9.88 Å². The molecule has 0 aliphatic carbocycles. The number of carbonyl (C=O) groups is 1. The maximum Gasteiger partial charge on any atom is 0.224 e. The highest BCUT2D eigenvalue weighted by Gasteiger charge is 2.02. The predicted octanol–water partition coefficient (Wildman–Crippen LogP) is 2.61. The van der Waals surface area contributed by atoms with Gasteiger partial charge in [0.15, 0.2) is 0 Å². The van der Waals surface area contributed by atoms with E-state index in [1.54, 1.807) is 18.4 Å². The number of benzene rings is 1. The maximum atomic E-state index is 11.3. The first-order chi connectivity index (χ1) is 9.71. The van der Waals surface area contributed by atoms with Crippen LogP contribution in [0.15, 0.2) is 30.5 Å². The molecule has 20 heavy (non-hydrogen) atoms. The van der Waals surface area contributed by atoms with Gasteiger partial charge in [-0.05, 0) is 24.1 Å². The first-order valence-electron chi connectivity index (χ1n) is 6.68. The standard InChI is InChI=1S/C15H19N3OS/c1-3-15-18-10-13(20-15)9-17-12-6-4-11(5-7-12)8-14(19)16-2/h4-7,10,17H,3,8-9H2,1-2H3,(H,16,19). The van der Waals surface area contributed by atoms with Crippen LogP contribution in [0.1, 0.15) is 22.4 Å². The summed E-state index contributed by atoms with van der Waals surface area (Å²) < 4.78 is 0. The minimum absolute atomic E-state index is 0.0301. The molecule has 0 atom stereocenters. The Morgan fingerprint density at radius 1 is 1.30 bits per heavy atom. The lowest BCUT2D eigenvalue weighted by Gasteiger charge is -2.06. The number of aromatic nitrogens is 1. The van der Waals surface area contributed by atoms with Gasteiger partial charge in [0.25, 0.3) is 0 Å². The Morgan fingerprint density at radius 3 is 2.65 bits per heavy atom. The molecule has 1 amide bonds. The van der Waals surface area contributed by atoms with Crippen molar-refractivity contribution in [2.45, 2.75) is 26.3 Å². The fourth-order valence-electron chi connectivity index (χ4n) is 1.80. The van der Waals surface area contributed by atoms with Gasteiger partial charge in [0.2, 0.25) is 5.91 Å². The third-order valence-electron chi connectivity index (χ3n) is 2.97. The van der Waals surface area contributed by atoms with E-state index in [2.05, 4.69) is 22.5 Å². The van der Waals surface area contributed by atoms with Crippen LogP contribution < -0.4 is 10.6 Å². The van der Waals surface area contributed by atoms with Crippen molar-refractivity contribution in [3.8, 4) is 0 Å². The molecule has 0 bridgehead atoms. The SMILES string of the molecule is CCc1ncc(CNc2ccc(CC(=O)NC)cc2)s1. The number of likely N-dealkylation sites (N-methyl/N-ethyl adjacent to an activating group) is 1. The van der Waals surface area contributed by atoms with Crippen LogP contribution in [0.4, 0.5) is 5.69 Å². The Hall–Kier alpha value is -1.88. The number of aryl methyl sites for hydroxylation is 1. The first kappa shape index (κ1) is 14.5. The summed E-state index contributed by atoms with van der Waals surface area (Å²) in [4.78, 5) is 16.8. The van der Waals surface area contributed by atoms with E-state index < -0.39 is 0 Å². The number of hydrogen-bond acceptors (Lipinski definition) is 4. The predicted molar refractivity (Wildman–Crippen MR) is 83.0 cm³/mol. The second-order valence-electron chi connectivity index (χ2n) is 4.47. The fourth-order valence-corrected chi connectivity index (χ4v) is 2.60. The molecule has 0 aliphatic rings. The summed E-state index contributed by atoms with van der Waals surface area (Å²) in [5, 5.41) is 7.15. The Morgan fingerprint density at radius 2 is 2.05 bits per heavy atom. The van der Waals surface area contributed by atoms with E-state index in [-0.39, 0.29) is 5.91 Å². The van der Waals surface area contributed by atoms with Crippen LogP contribution in [-0.2, 0) is 24.2 Å². The normalized spacial score (nSPS) is 10.3. The number of thiazole rings is 1. The molecule has 4 nitrogen and oxygen atoms in total. The third-order valence-corrected chi connectivity index (χ3v) is 4.11. The summed E-state index contributed by atoms with van der Waals surface area (Å²) in [6, 6.07) is 7.95. The molecule has 2 N–H and O–H groups in total. The molecule has 2 aromatic rings. The number of amides is 1. The zero-order valence-corrected chi connectivity index (χ0v) is 12.6. The van der Waals surface area contributed by atoms with E-state index >= 15 is 0 Å². The molecule has 0 fully saturated rings. The molecule has 2 rings (SSSR count). The third kappa shape index (κ3) is 4.06. The van der Waals surface area contributed by atoms with Crippen molar-refractivity contribution < 1.29 is 4.79 Å². The number of rotatable bonds is 6. The Bertz CT molecular complexity index is 563. The van der Waals surface area contributed by atoms with E-state index in [0.717, 1.165) is 24.2 Å².